The van der Waals surface area contributed by atoms with Gasteiger partial charge in [0.05, 0.1) is 17.2 Å². The molecule has 1 aromatic heterocycles. The number of halogens is 4. The SMILES string of the molecule is N#Cc1cc(Cl)nc(Nc2cccc(C(F)(F)F)c2)c1. The Balaban J connectivity index is 2.31. The zero-order chi connectivity index (χ0) is 14.8. The number of nitriles is 1. The number of alkyl halides is 3. The van der Waals surface area contributed by atoms with Gasteiger partial charge < -0.3 is 5.32 Å². The number of rotatable bonds is 2. The Kier molecular flexibility index (Phi) is 3.81. The van der Waals surface area contributed by atoms with E-state index in [0.29, 0.717) is 0 Å². The summed E-state index contributed by atoms with van der Waals surface area (Å²) in [7, 11) is 0. The Morgan fingerprint density at radius 1 is 1.20 bits per heavy atom. The third kappa shape index (κ3) is 3.39. The second kappa shape index (κ2) is 5.39. The lowest BCUT2D eigenvalue weighted by Gasteiger charge is -2.10. The summed E-state index contributed by atoms with van der Waals surface area (Å²) < 4.78 is 37.7. The van der Waals surface area contributed by atoms with E-state index >= 15 is 0 Å². The maximum atomic E-state index is 12.6. The molecule has 1 N–H and O–H groups in total. The molecule has 0 fully saturated rings. The van der Waals surface area contributed by atoms with Crippen molar-refractivity contribution in [2.45, 2.75) is 6.18 Å². The van der Waals surface area contributed by atoms with Gasteiger partial charge in [-0.2, -0.15) is 18.4 Å². The highest BCUT2D eigenvalue weighted by molar-refractivity contribution is 6.29. The molecule has 7 heteroatoms. The predicted octanol–water partition coefficient (Wildman–Crippen LogP) is 4.37. The second-order valence-corrected chi connectivity index (χ2v) is 4.27. The van der Waals surface area contributed by atoms with E-state index in [-0.39, 0.29) is 22.2 Å². The zero-order valence-corrected chi connectivity index (χ0v) is 10.6. The third-order valence-corrected chi connectivity index (χ3v) is 2.58. The average Bonchev–Trinajstić information content (AvgIpc) is 2.37. The summed E-state index contributed by atoms with van der Waals surface area (Å²) in [6.45, 7) is 0. The van der Waals surface area contributed by atoms with Crippen molar-refractivity contribution in [1.29, 1.82) is 5.26 Å². The number of pyridine rings is 1. The van der Waals surface area contributed by atoms with Crippen molar-refractivity contribution in [3.63, 3.8) is 0 Å². The highest BCUT2D eigenvalue weighted by atomic mass is 35.5. The summed E-state index contributed by atoms with van der Waals surface area (Å²) in [4.78, 5) is 3.89. The van der Waals surface area contributed by atoms with E-state index in [2.05, 4.69) is 10.3 Å². The van der Waals surface area contributed by atoms with E-state index in [4.69, 9.17) is 16.9 Å². The first kappa shape index (κ1) is 14.2. The molecule has 0 amide bonds. The van der Waals surface area contributed by atoms with E-state index in [9.17, 15) is 13.2 Å². The van der Waals surface area contributed by atoms with Gasteiger partial charge in [0.2, 0.25) is 0 Å². The minimum Gasteiger partial charge on any atom is -0.340 e. The number of hydrogen-bond acceptors (Lipinski definition) is 3. The quantitative estimate of drug-likeness (QED) is 0.837. The number of nitrogens with one attached hydrogen (secondary N) is 1. The van der Waals surface area contributed by atoms with Crippen LogP contribution in [0.2, 0.25) is 5.15 Å². The van der Waals surface area contributed by atoms with Crippen molar-refractivity contribution < 1.29 is 13.2 Å². The van der Waals surface area contributed by atoms with Crippen LogP contribution in [0.4, 0.5) is 24.7 Å². The fourth-order valence-corrected chi connectivity index (χ4v) is 1.76. The normalized spacial score (nSPS) is 10.9. The van der Waals surface area contributed by atoms with Gasteiger partial charge in [-0.3, -0.25) is 0 Å². The molecule has 0 saturated carbocycles. The molecule has 0 aliphatic heterocycles. The fourth-order valence-electron chi connectivity index (χ4n) is 1.55. The topological polar surface area (TPSA) is 48.7 Å². The summed E-state index contributed by atoms with van der Waals surface area (Å²) >= 11 is 5.72. The average molecular weight is 298 g/mol. The molecule has 2 aromatic rings. The van der Waals surface area contributed by atoms with E-state index in [0.717, 1.165) is 12.1 Å². The molecule has 1 aromatic carbocycles. The molecule has 0 atom stereocenters. The van der Waals surface area contributed by atoms with Crippen molar-refractivity contribution >= 4 is 23.1 Å². The standard InChI is InChI=1S/C13H7ClF3N3/c14-11-4-8(7-18)5-12(20-11)19-10-3-1-2-9(6-10)13(15,16)17/h1-6H,(H,19,20). The van der Waals surface area contributed by atoms with Crippen LogP contribution in [0.25, 0.3) is 0 Å². The van der Waals surface area contributed by atoms with E-state index in [1.807, 2.05) is 6.07 Å². The highest BCUT2D eigenvalue weighted by Gasteiger charge is 2.30. The minimum absolute atomic E-state index is 0.0820. The lowest BCUT2D eigenvalue weighted by Crippen LogP contribution is -2.05. The summed E-state index contributed by atoms with van der Waals surface area (Å²) in [5.41, 5.74) is -0.303. The molecule has 0 aliphatic carbocycles. The molecule has 3 nitrogen and oxygen atoms in total. The molecule has 0 bridgehead atoms. The maximum Gasteiger partial charge on any atom is 0.416 e. The van der Waals surface area contributed by atoms with Crippen molar-refractivity contribution in [2.75, 3.05) is 5.32 Å². The first-order valence-electron chi connectivity index (χ1n) is 5.40. The first-order chi connectivity index (χ1) is 9.38. The number of benzene rings is 1. The molecule has 0 saturated heterocycles. The predicted molar refractivity (Wildman–Crippen MR) is 68.7 cm³/mol. The van der Waals surface area contributed by atoms with Crippen molar-refractivity contribution in [2.24, 2.45) is 0 Å². The Morgan fingerprint density at radius 2 is 1.95 bits per heavy atom. The second-order valence-electron chi connectivity index (χ2n) is 3.88. The minimum atomic E-state index is -4.42. The molecular formula is C13H7ClF3N3. The maximum absolute atomic E-state index is 12.6. The van der Waals surface area contributed by atoms with Crippen molar-refractivity contribution in [3.8, 4) is 6.07 Å². The van der Waals surface area contributed by atoms with Crippen LogP contribution >= 0.6 is 11.6 Å². The smallest absolute Gasteiger partial charge is 0.340 e. The molecule has 0 spiro atoms. The fraction of sp³-hybridized carbons (Fsp3) is 0.0769. The van der Waals surface area contributed by atoms with Crippen LogP contribution in [0.5, 0.6) is 0 Å². The van der Waals surface area contributed by atoms with Crippen LogP contribution in [0.3, 0.4) is 0 Å². The zero-order valence-electron chi connectivity index (χ0n) is 9.87. The molecule has 20 heavy (non-hydrogen) atoms. The first-order valence-corrected chi connectivity index (χ1v) is 5.78. The van der Waals surface area contributed by atoms with Gasteiger partial charge in [0, 0.05) is 5.69 Å². The van der Waals surface area contributed by atoms with Crippen LogP contribution in [0, 0.1) is 11.3 Å². The monoisotopic (exact) mass is 297 g/mol. The van der Waals surface area contributed by atoms with Crippen LogP contribution in [0.15, 0.2) is 36.4 Å². The lowest BCUT2D eigenvalue weighted by molar-refractivity contribution is -0.137. The Labute approximate surface area is 117 Å². The molecule has 1 heterocycles. The van der Waals surface area contributed by atoms with Gasteiger partial charge in [-0.05, 0) is 30.3 Å². The Hall–Kier alpha value is -2.26. The lowest BCUT2D eigenvalue weighted by atomic mass is 10.2. The largest absolute Gasteiger partial charge is 0.416 e. The molecule has 0 unspecified atom stereocenters. The van der Waals surface area contributed by atoms with Crippen LogP contribution in [-0.2, 0) is 6.18 Å². The van der Waals surface area contributed by atoms with E-state index < -0.39 is 11.7 Å². The Bertz CT molecular complexity index is 677. The molecule has 0 radical (unpaired) electrons. The van der Waals surface area contributed by atoms with Gasteiger partial charge in [-0.25, -0.2) is 4.98 Å². The highest BCUT2D eigenvalue weighted by Crippen LogP contribution is 2.31. The summed E-state index contributed by atoms with van der Waals surface area (Å²) in [5, 5.41) is 11.6. The van der Waals surface area contributed by atoms with E-state index in [1.165, 1.54) is 24.3 Å². The number of hydrogen-bond donors (Lipinski definition) is 1. The van der Waals surface area contributed by atoms with Gasteiger partial charge in [0.1, 0.15) is 11.0 Å². The molecule has 0 aliphatic rings. The summed E-state index contributed by atoms with van der Waals surface area (Å²) in [6.07, 6.45) is -4.42. The van der Waals surface area contributed by atoms with Gasteiger partial charge in [-0.15, -0.1) is 0 Å². The summed E-state index contributed by atoms with van der Waals surface area (Å²) in [6, 6.07) is 9.30. The van der Waals surface area contributed by atoms with Crippen LogP contribution in [0.1, 0.15) is 11.1 Å². The summed E-state index contributed by atoms with van der Waals surface area (Å²) in [5.74, 6) is 0.202. The molecule has 2 rings (SSSR count). The Morgan fingerprint density at radius 3 is 2.60 bits per heavy atom. The molecule has 102 valence electrons. The number of aromatic nitrogens is 1. The van der Waals surface area contributed by atoms with Crippen molar-refractivity contribution in [3.05, 3.63) is 52.7 Å². The van der Waals surface area contributed by atoms with E-state index in [1.54, 1.807) is 0 Å². The van der Waals surface area contributed by atoms with Gasteiger partial charge in [-0.1, -0.05) is 17.7 Å². The van der Waals surface area contributed by atoms with Gasteiger partial charge in [0.25, 0.3) is 0 Å². The van der Waals surface area contributed by atoms with Gasteiger partial charge in [0.15, 0.2) is 0 Å². The van der Waals surface area contributed by atoms with Crippen LogP contribution < -0.4 is 5.32 Å². The van der Waals surface area contributed by atoms with Gasteiger partial charge >= 0.3 is 6.18 Å². The van der Waals surface area contributed by atoms with Crippen molar-refractivity contribution in [1.82, 2.24) is 4.98 Å². The number of anilines is 2. The number of nitrogens with zero attached hydrogens (tertiary/aromatic N) is 2. The van der Waals surface area contributed by atoms with Crippen LogP contribution in [-0.4, -0.2) is 4.98 Å². The third-order valence-electron chi connectivity index (χ3n) is 2.39. The molecular weight excluding hydrogens is 291 g/mol.